The van der Waals surface area contributed by atoms with Crippen molar-refractivity contribution in [3.8, 4) is 0 Å². The maximum absolute atomic E-state index is 12.4. The molecule has 23 heavy (non-hydrogen) atoms. The Morgan fingerprint density at radius 3 is 2.30 bits per heavy atom. The second-order valence-corrected chi connectivity index (χ2v) is 5.96. The van der Waals surface area contributed by atoms with Crippen LogP contribution < -0.4 is 5.32 Å². The molecule has 0 radical (unpaired) electrons. The minimum absolute atomic E-state index is 0.142. The summed E-state index contributed by atoms with van der Waals surface area (Å²) in [6.45, 7) is 3.50. The van der Waals surface area contributed by atoms with Crippen molar-refractivity contribution in [3.05, 3.63) is 35.4 Å². The predicted molar refractivity (Wildman–Crippen MR) is 81.9 cm³/mol. The zero-order valence-corrected chi connectivity index (χ0v) is 13.0. The molecule has 0 bridgehead atoms. The van der Waals surface area contributed by atoms with Crippen molar-refractivity contribution in [1.82, 2.24) is 10.2 Å². The predicted octanol–water partition coefficient (Wildman–Crippen LogP) is 1.32. The van der Waals surface area contributed by atoms with Crippen LogP contribution in [0, 0.1) is 5.92 Å². The van der Waals surface area contributed by atoms with E-state index in [1.807, 2.05) is 24.3 Å². The first-order chi connectivity index (χ1) is 10.8. The quantitative estimate of drug-likeness (QED) is 0.775. The summed E-state index contributed by atoms with van der Waals surface area (Å²) in [5.74, 6) is -2.56. The molecule has 0 spiro atoms. The van der Waals surface area contributed by atoms with Crippen LogP contribution in [-0.2, 0) is 22.6 Å². The SMILES string of the molecule is CC(C)[C@H](NC(=O)N1Cc2ccccc2C[C@H]1C(=O)O)C(=O)O. The Balaban J connectivity index is 2.23. The van der Waals surface area contributed by atoms with Gasteiger partial charge in [-0.3, -0.25) is 0 Å². The van der Waals surface area contributed by atoms with Crippen LogP contribution in [-0.4, -0.2) is 45.2 Å². The van der Waals surface area contributed by atoms with Crippen LogP contribution in [0.1, 0.15) is 25.0 Å². The minimum Gasteiger partial charge on any atom is -0.480 e. The lowest BCUT2D eigenvalue weighted by molar-refractivity contribution is -0.142. The summed E-state index contributed by atoms with van der Waals surface area (Å²) in [6.07, 6.45) is 0.207. The third-order valence-corrected chi connectivity index (χ3v) is 4.01. The fourth-order valence-corrected chi connectivity index (χ4v) is 2.69. The Bertz CT molecular complexity index is 629. The molecule has 1 heterocycles. The van der Waals surface area contributed by atoms with Crippen LogP contribution in [0.5, 0.6) is 0 Å². The second-order valence-electron chi connectivity index (χ2n) is 5.96. The smallest absolute Gasteiger partial charge is 0.326 e. The van der Waals surface area contributed by atoms with Crippen LogP contribution in [0.2, 0.25) is 0 Å². The van der Waals surface area contributed by atoms with E-state index in [1.165, 1.54) is 4.90 Å². The molecule has 0 aromatic heterocycles. The summed E-state index contributed by atoms with van der Waals surface area (Å²) < 4.78 is 0. The second kappa shape index (κ2) is 6.68. The van der Waals surface area contributed by atoms with E-state index < -0.39 is 30.1 Å². The highest BCUT2D eigenvalue weighted by Gasteiger charge is 2.36. The van der Waals surface area contributed by atoms with Crippen molar-refractivity contribution in [2.75, 3.05) is 0 Å². The molecule has 2 atom stereocenters. The first-order valence-corrected chi connectivity index (χ1v) is 7.40. The Labute approximate surface area is 133 Å². The van der Waals surface area contributed by atoms with Gasteiger partial charge in [0.25, 0.3) is 0 Å². The van der Waals surface area contributed by atoms with Crippen molar-refractivity contribution in [2.45, 2.75) is 38.9 Å². The fraction of sp³-hybridized carbons (Fsp3) is 0.438. The summed E-state index contributed by atoms with van der Waals surface area (Å²) in [7, 11) is 0. The highest BCUT2D eigenvalue weighted by Crippen LogP contribution is 2.23. The van der Waals surface area contributed by atoms with Gasteiger partial charge in [0.1, 0.15) is 12.1 Å². The molecule has 0 aliphatic carbocycles. The highest BCUT2D eigenvalue weighted by molar-refractivity contribution is 5.86. The van der Waals surface area contributed by atoms with Gasteiger partial charge in [0.15, 0.2) is 0 Å². The number of carbonyl (C=O) groups is 3. The molecule has 7 nitrogen and oxygen atoms in total. The van der Waals surface area contributed by atoms with Crippen molar-refractivity contribution in [2.24, 2.45) is 5.92 Å². The molecular formula is C16H20N2O5. The van der Waals surface area contributed by atoms with E-state index in [2.05, 4.69) is 5.32 Å². The molecule has 1 aromatic carbocycles. The Kier molecular flexibility index (Phi) is 4.88. The van der Waals surface area contributed by atoms with E-state index >= 15 is 0 Å². The summed E-state index contributed by atoms with van der Waals surface area (Å²) in [6, 6.07) is 4.59. The van der Waals surface area contributed by atoms with E-state index in [0.29, 0.717) is 0 Å². The number of aliphatic carboxylic acids is 2. The van der Waals surface area contributed by atoms with E-state index in [1.54, 1.807) is 13.8 Å². The molecule has 3 N–H and O–H groups in total. The van der Waals surface area contributed by atoms with Crippen LogP contribution in [0.3, 0.4) is 0 Å². The molecule has 0 saturated carbocycles. The first kappa shape index (κ1) is 16.8. The van der Waals surface area contributed by atoms with E-state index in [4.69, 9.17) is 0 Å². The molecule has 124 valence electrons. The van der Waals surface area contributed by atoms with Gasteiger partial charge in [-0.25, -0.2) is 14.4 Å². The number of carboxylic acids is 2. The molecule has 7 heteroatoms. The summed E-state index contributed by atoms with van der Waals surface area (Å²) in [4.78, 5) is 36.3. The number of nitrogens with zero attached hydrogens (tertiary/aromatic N) is 1. The zero-order chi connectivity index (χ0) is 17.1. The monoisotopic (exact) mass is 320 g/mol. The highest BCUT2D eigenvalue weighted by atomic mass is 16.4. The van der Waals surface area contributed by atoms with Crippen LogP contribution in [0.25, 0.3) is 0 Å². The van der Waals surface area contributed by atoms with Crippen molar-refractivity contribution in [3.63, 3.8) is 0 Å². The van der Waals surface area contributed by atoms with Gasteiger partial charge in [-0.05, 0) is 17.0 Å². The Morgan fingerprint density at radius 1 is 1.17 bits per heavy atom. The van der Waals surface area contributed by atoms with Gasteiger partial charge >= 0.3 is 18.0 Å². The molecule has 1 aliphatic heterocycles. The fourth-order valence-electron chi connectivity index (χ4n) is 2.69. The number of carbonyl (C=O) groups excluding carboxylic acids is 1. The number of rotatable bonds is 4. The summed E-state index contributed by atoms with van der Waals surface area (Å²) >= 11 is 0. The third-order valence-electron chi connectivity index (χ3n) is 4.01. The number of urea groups is 1. The van der Waals surface area contributed by atoms with E-state index in [0.717, 1.165) is 11.1 Å². The van der Waals surface area contributed by atoms with Crippen LogP contribution in [0.15, 0.2) is 24.3 Å². The van der Waals surface area contributed by atoms with Gasteiger partial charge in [-0.1, -0.05) is 38.1 Å². The van der Waals surface area contributed by atoms with Crippen molar-refractivity contribution < 1.29 is 24.6 Å². The van der Waals surface area contributed by atoms with Gasteiger partial charge in [0.05, 0.1) is 0 Å². The van der Waals surface area contributed by atoms with Gasteiger partial charge in [-0.15, -0.1) is 0 Å². The Morgan fingerprint density at radius 2 is 1.78 bits per heavy atom. The molecule has 0 unspecified atom stereocenters. The maximum Gasteiger partial charge on any atom is 0.326 e. The number of hydrogen-bond acceptors (Lipinski definition) is 3. The minimum atomic E-state index is -1.14. The van der Waals surface area contributed by atoms with Gasteiger partial charge in [0.2, 0.25) is 0 Å². The lowest BCUT2D eigenvalue weighted by Gasteiger charge is -2.35. The number of benzene rings is 1. The van der Waals surface area contributed by atoms with Gasteiger partial charge in [0, 0.05) is 13.0 Å². The number of nitrogens with one attached hydrogen (secondary N) is 1. The largest absolute Gasteiger partial charge is 0.480 e. The number of carboxylic acid groups (broad SMARTS) is 2. The van der Waals surface area contributed by atoms with Crippen LogP contribution >= 0.6 is 0 Å². The summed E-state index contributed by atoms with van der Waals surface area (Å²) in [5.41, 5.74) is 1.76. The molecule has 2 amide bonds. The molecule has 2 rings (SSSR count). The molecule has 0 fully saturated rings. The zero-order valence-electron chi connectivity index (χ0n) is 13.0. The van der Waals surface area contributed by atoms with Crippen molar-refractivity contribution >= 4 is 18.0 Å². The lowest BCUT2D eigenvalue weighted by atomic mass is 9.94. The topological polar surface area (TPSA) is 107 Å². The lowest BCUT2D eigenvalue weighted by Crippen LogP contribution is -2.56. The maximum atomic E-state index is 12.4. The van der Waals surface area contributed by atoms with Crippen LogP contribution in [0.4, 0.5) is 4.79 Å². The number of fused-ring (bicyclic) bond motifs is 1. The average Bonchev–Trinajstić information content (AvgIpc) is 2.50. The summed E-state index contributed by atoms with van der Waals surface area (Å²) in [5, 5.41) is 21.0. The Hall–Kier alpha value is -2.57. The molecule has 1 aromatic rings. The molecule has 1 aliphatic rings. The molecular weight excluding hydrogens is 300 g/mol. The third kappa shape index (κ3) is 3.61. The van der Waals surface area contributed by atoms with Crippen molar-refractivity contribution in [1.29, 1.82) is 0 Å². The van der Waals surface area contributed by atoms with E-state index in [-0.39, 0.29) is 18.9 Å². The van der Waals surface area contributed by atoms with E-state index in [9.17, 15) is 24.6 Å². The number of hydrogen-bond donors (Lipinski definition) is 3. The van der Waals surface area contributed by atoms with Gasteiger partial charge in [-0.2, -0.15) is 0 Å². The standard InChI is InChI=1S/C16H20N2O5/c1-9(2)13(15(21)22)17-16(23)18-8-11-6-4-3-5-10(11)7-12(18)14(19)20/h3-6,9,12-13H,7-8H2,1-2H3,(H,17,23)(H,19,20)(H,21,22)/t12-,13-/m0/s1. The normalized spacial score (nSPS) is 18.2. The van der Waals surface area contributed by atoms with Gasteiger partial charge < -0.3 is 20.4 Å². The number of amides is 2. The average molecular weight is 320 g/mol. The first-order valence-electron chi connectivity index (χ1n) is 7.40. The molecule has 0 saturated heterocycles.